The first-order valence-electron chi connectivity index (χ1n) is 11.8. The van der Waals surface area contributed by atoms with Gasteiger partial charge < -0.3 is 15.8 Å². The van der Waals surface area contributed by atoms with E-state index in [4.69, 9.17) is 10.8 Å². The molecular weight excluding hydrogens is 560 g/mol. The van der Waals surface area contributed by atoms with E-state index in [9.17, 15) is 31.6 Å². The smallest absolute Gasteiger partial charge is 0.307 e. The average Bonchev–Trinajstić information content (AvgIpc) is 2.89. The molecule has 41 heavy (non-hydrogen) atoms. The van der Waals surface area contributed by atoms with Gasteiger partial charge in [-0.2, -0.15) is 0 Å². The number of aromatic nitrogens is 3. The Kier molecular flexibility index (Phi) is 6.84. The highest BCUT2D eigenvalue weighted by molar-refractivity contribution is 7.92. The molecule has 11 nitrogen and oxygen atoms in total. The zero-order valence-electron chi connectivity index (χ0n) is 20.8. The quantitative estimate of drug-likeness (QED) is 0.227. The first-order valence-corrected chi connectivity index (χ1v) is 13.3. The monoisotopic (exact) mass is 579 g/mol. The van der Waals surface area contributed by atoms with E-state index in [1.807, 2.05) is 4.72 Å². The van der Waals surface area contributed by atoms with Gasteiger partial charge in [0.1, 0.15) is 22.2 Å². The minimum absolute atomic E-state index is 0.127. The molecule has 0 amide bonds. The van der Waals surface area contributed by atoms with Gasteiger partial charge in [0.05, 0.1) is 23.0 Å². The summed E-state index contributed by atoms with van der Waals surface area (Å²) in [7, 11) is -4.60. The highest BCUT2D eigenvalue weighted by Crippen LogP contribution is 2.25. The summed E-state index contributed by atoms with van der Waals surface area (Å²) in [5, 5.41) is 9.23. The number of carboxylic acids is 1. The Morgan fingerprint density at radius 2 is 1.80 bits per heavy atom. The fraction of sp³-hybridized carbons (Fsp3) is 0.0370. The molecule has 0 aliphatic carbocycles. The SMILES string of the molecule is Nc1nc2ccc(-c3c[nH]c(=O)c(NS(=O)(=O)c4ccc(F)cc4F)c3)cc2c(=O)n1-c1cccc(CC(=O)O)c1. The summed E-state index contributed by atoms with van der Waals surface area (Å²) in [4.78, 5) is 42.8. The van der Waals surface area contributed by atoms with Crippen molar-refractivity contribution in [1.82, 2.24) is 14.5 Å². The number of fused-ring (bicyclic) bond motifs is 1. The number of nitrogens with zero attached hydrogens (tertiary/aromatic N) is 2. The van der Waals surface area contributed by atoms with Gasteiger partial charge in [-0.05, 0) is 53.6 Å². The van der Waals surface area contributed by atoms with Crippen LogP contribution in [0, 0.1) is 11.6 Å². The van der Waals surface area contributed by atoms with Crippen LogP contribution in [0.1, 0.15) is 5.56 Å². The van der Waals surface area contributed by atoms with Crippen LogP contribution in [0.15, 0.2) is 87.4 Å². The number of carbonyl (C=O) groups is 1. The van der Waals surface area contributed by atoms with Gasteiger partial charge in [0, 0.05) is 17.8 Å². The molecule has 0 fully saturated rings. The van der Waals surface area contributed by atoms with Crippen molar-refractivity contribution in [3.63, 3.8) is 0 Å². The number of hydrogen-bond donors (Lipinski definition) is 4. The van der Waals surface area contributed by atoms with Crippen molar-refractivity contribution in [2.45, 2.75) is 11.3 Å². The van der Waals surface area contributed by atoms with Crippen molar-refractivity contribution in [3.05, 3.63) is 111 Å². The molecule has 0 radical (unpaired) electrons. The van der Waals surface area contributed by atoms with Crippen molar-refractivity contribution in [2.75, 3.05) is 10.5 Å². The van der Waals surface area contributed by atoms with E-state index >= 15 is 0 Å². The maximum absolute atomic E-state index is 14.1. The van der Waals surface area contributed by atoms with Crippen molar-refractivity contribution < 1.29 is 27.1 Å². The van der Waals surface area contributed by atoms with Gasteiger partial charge in [-0.1, -0.05) is 18.2 Å². The summed E-state index contributed by atoms with van der Waals surface area (Å²) in [6.45, 7) is 0. The summed E-state index contributed by atoms with van der Waals surface area (Å²) in [5.74, 6) is -3.48. The van der Waals surface area contributed by atoms with Crippen LogP contribution in [0.25, 0.3) is 27.7 Å². The molecule has 0 bridgehead atoms. The number of benzene rings is 3. The molecule has 5 rings (SSSR count). The lowest BCUT2D eigenvalue weighted by Crippen LogP contribution is -2.23. The van der Waals surface area contributed by atoms with Crippen LogP contribution in [0.5, 0.6) is 0 Å². The highest BCUT2D eigenvalue weighted by Gasteiger charge is 2.21. The Balaban J connectivity index is 1.57. The number of aliphatic carboxylic acids is 1. The van der Waals surface area contributed by atoms with Crippen LogP contribution in [-0.4, -0.2) is 34.0 Å². The number of nitrogens with two attached hydrogens (primary N) is 1. The van der Waals surface area contributed by atoms with Crippen LogP contribution in [0.3, 0.4) is 0 Å². The third-order valence-corrected chi connectivity index (χ3v) is 7.48. The van der Waals surface area contributed by atoms with Gasteiger partial charge in [-0.15, -0.1) is 0 Å². The normalized spacial score (nSPS) is 11.5. The molecule has 0 spiro atoms. The lowest BCUT2D eigenvalue weighted by atomic mass is 10.0. The van der Waals surface area contributed by atoms with E-state index in [-0.39, 0.29) is 28.8 Å². The van der Waals surface area contributed by atoms with E-state index in [1.165, 1.54) is 30.5 Å². The minimum Gasteiger partial charge on any atom is -0.481 e. The van der Waals surface area contributed by atoms with Gasteiger partial charge in [0.2, 0.25) is 5.95 Å². The van der Waals surface area contributed by atoms with Gasteiger partial charge in [0.15, 0.2) is 0 Å². The molecule has 208 valence electrons. The lowest BCUT2D eigenvalue weighted by molar-refractivity contribution is -0.136. The van der Waals surface area contributed by atoms with Gasteiger partial charge >= 0.3 is 5.97 Å². The van der Waals surface area contributed by atoms with Gasteiger partial charge in [0.25, 0.3) is 21.1 Å². The number of anilines is 2. The second-order valence-electron chi connectivity index (χ2n) is 8.89. The first-order chi connectivity index (χ1) is 19.4. The number of H-pyrrole nitrogens is 1. The molecule has 3 aromatic carbocycles. The molecule has 5 aromatic rings. The topological polar surface area (TPSA) is 177 Å². The minimum atomic E-state index is -4.60. The number of sulfonamides is 1. The number of halogens is 2. The number of hydrogen-bond acceptors (Lipinski definition) is 7. The summed E-state index contributed by atoms with van der Waals surface area (Å²) < 4.78 is 55.9. The zero-order valence-corrected chi connectivity index (χ0v) is 21.6. The van der Waals surface area contributed by atoms with Gasteiger partial charge in [-0.3, -0.25) is 19.1 Å². The van der Waals surface area contributed by atoms with Crippen molar-refractivity contribution in [2.24, 2.45) is 0 Å². The Morgan fingerprint density at radius 1 is 1.02 bits per heavy atom. The Bertz CT molecular complexity index is 2090. The number of carboxylic acid groups (broad SMARTS) is 1. The van der Waals surface area contributed by atoms with Crippen molar-refractivity contribution in [1.29, 1.82) is 0 Å². The van der Waals surface area contributed by atoms with E-state index in [1.54, 1.807) is 24.3 Å². The molecule has 2 heterocycles. The molecule has 0 aliphatic heterocycles. The average molecular weight is 580 g/mol. The molecule has 2 aromatic heterocycles. The number of pyridine rings is 1. The van der Waals surface area contributed by atoms with Crippen LogP contribution in [0.4, 0.5) is 20.4 Å². The maximum atomic E-state index is 14.1. The molecule has 0 unspecified atom stereocenters. The Morgan fingerprint density at radius 3 is 2.54 bits per heavy atom. The van der Waals surface area contributed by atoms with Crippen molar-refractivity contribution in [3.8, 4) is 16.8 Å². The van der Waals surface area contributed by atoms with Gasteiger partial charge in [-0.25, -0.2) is 26.7 Å². The maximum Gasteiger partial charge on any atom is 0.307 e. The second-order valence-corrected chi connectivity index (χ2v) is 10.5. The Labute approximate surface area is 229 Å². The fourth-order valence-electron chi connectivity index (χ4n) is 4.23. The number of rotatable bonds is 7. The van der Waals surface area contributed by atoms with Crippen LogP contribution in [0.2, 0.25) is 0 Å². The third kappa shape index (κ3) is 5.40. The van der Waals surface area contributed by atoms with E-state index in [0.29, 0.717) is 22.9 Å². The molecule has 5 N–H and O–H groups in total. The van der Waals surface area contributed by atoms with Crippen LogP contribution < -0.4 is 21.6 Å². The molecule has 14 heteroatoms. The van der Waals surface area contributed by atoms with Crippen LogP contribution in [-0.2, 0) is 21.2 Å². The molecule has 0 saturated heterocycles. The van der Waals surface area contributed by atoms with Crippen molar-refractivity contribution >= 4 is 38.5 Å². The standard InChI is InChI=1S/C27H19F2N5O6S/c28-17-5-7-23(20(29)12-17)41(39,40)33-22-11-16(13-31-25(22)37)15-4-6-21-19(10-15)26(38)34(27(30)32-21)18-3-1-2-14(8-18)9-24(35)36/h1-8,10-13,33H,9H2,(H2,30,32)(H,31,37)(H,35,36). The fourth-order valence-corrected chi connectivity index (χ4v) is 5.35. The second kappa shape index (κ2) is 10.3. The van der Waals surface area contributed by atoms with E-state index in [2.05, 4.69) is 9.97 Å². The summed E-state index contributed by atoms with van der Waals surface area (Å²) in [5.41, 5.74) is 5.90. The summed E-state index contributed by atoms with van der Waals surface area (Å²) in [6.07, 6.45) is 1.03. The number of nitrogen functional groups attached to an aromatic ring is 1. The predicted octanol–water partition coefficient (Wildman–Crippen LogP) is 3.03. The lowest BCUT2D eigenvalue weighted by Gasteiger charge is -2.13. The molecular formula is C27H19F2N5O6S. The predicted molar refractivity (Wildman–Crippen MR) is 146 cm³/mol. The zero-order chi connectivity index (χ0) is 29.5. The molecule has 0 aliphatic rings. The first kappa shape index (κ1) is 27.2. The number of nitrogens with one attached hydrogen (secondary N) is 2. The molecule has 0 atom stereocenters. The molecule has 0 saturated carbocycles. The van der Waals surface area contributed by atoms with Crippen LogP contribution >= 0.6 is 0 Å². The number of aromatic amines is 1. The summed E-state index contributed by atoms with van der Waals surface area (Å²) >= 11 is 0. The largest absolute Gasteiger partial charge is 0.481 e. The Hall–Kier alpha value is -5.37. The summed E-state index contributed by atoms with van der Waals surface area (Å²) in [6, 6.07) is 13.9. The highest BCUT2D eigenvalue weighted by atomic mass is 32.2. The van der Waals surface area contributed by atoms with E-state index in [0.717, 1.165) is 16.7 Å². The van der Waals surface area contributed by atoms with E-state index < -0.39 is 49.3 Å². The third-order valence-electron chi connectivity index (χ3n) is 6.08.